The Morgan fingerprint density at radius 2 is 1.92 bits per heavy atom. The minimum Gasteiger partial charge on any atom is -0.465 e. The number of carbonyl (C=O) groups excluding carboxylic acids is 1. The molecule has 0 radical (unpaired) electrons. The highest BCUT2D eigenvalue weighted by Crippen LogP contribution is 2.28. The third-order valence-corrected chi connectivity index (χ3v) is 5.56. The summed E-state index contributed by atoms with van der Waals surface area (Å²) in [5.74, 6) is 1.18. The standard InChI is InChI=1S/C19H24BrN3O2/c1-13-17(18(20)14(2)25-13)19(24)21-16-6-4-5-15(11-16)12-23-9-7-22(3)8-10-23/h4-6,11H,7-10,12H2,1-3H3,(H,21,24). The largest absolute Gasteiger partial charge is 0.465 e. The summed E-state index contributed by atoms with van der Waals surface area (Å²) in [6.45, 7) is 8.90. The molecule has 1 amide bonds. The molecule has 0 spiro atoms. The number of nitrogens with zero attached hydrogens (tertiary/aromatic N) is 2. The molecule has 0 atom stereocenters. The van der Waals surface area contributed by atoms with Gasteiger partial charge in [-0.05, 0) is 54.5 Å². The van der Waals surface area contributed by atoms with Crippen molar-refractivity contribution in [1.29, 1.82) is 0 Å². The Labute approximate surface area is 157 Å². The van der Waals surface area contributed by atoms with Gasteiger partial charge in [0.15, 0.2) is 0 Å². The summed E-state index contributed by atoms with van der Waals surface area (Å²) in [6, 6.07) is 8.06. The predicted octanol–water partition coefficient (Wildman–Crippen LogP) is 3.66. The molecule has 0 aliphatic carbocycles. The summed E-state index contributed by atoms with van der Waals surface area (Å²) in [6.07, 6.45) is 0. The monoisotopic (exact) mass is 405 g/mol. The number of aryl methyl sites for hydroxylation is 2. The molecule has 2 heterocycles. The summed E-state index contributed by atoms with van der Waals surface area (Å²) >= 11 is 3.43. The van der Waals surface area contributed by atoms with Crippen LogP contribution in [0.5, 0.6) is 0 Å². The van der Waals surface area contributed by atoms with Crippen LogP contribution in [0.3, 0.4) is 0 Å². The second kappa shape index (κ2) is 7.72. The van der Waals surface area contributed by atoms with Crippen LogP contribution in [0.4, 0.5) is 5.69 Å². The summed E-state index contributed by atoms with van der Waals surface area (Å²) in [7, 11) is 2.16. The molecule has 6 heteroatoms. The van der Waals surface area contributed by atoms with Gasteiger partial charge < -0.3 is 14.6 Å². The molecule has 2 aromatic rings. The smallest absolute Gasteiger partial charge is 0.260 e. The first-order chi connectivity index (χ1) is 11.9. The first-order valence-corrected chi connectivity index (χ1v) is 9.30. The van der Waals surface area contributed by atoms with Crippen LogP contribution in [-0.4, -0.2) is 48.9 Å². The van der Waals surface area contributed by atoms with Crippen LogP contribution in [-0.2, 0) is 6.54 Å². The van der Waals surface area contributed by atoms with Crippen molar-refractivity contribution in [3.8, 4) is 0 Å². The van der Waals surface area contributed by atoms with Crippen LogP contribution >= 0.6 is 15.9 Å². The van der Waals surface area contributed by atoms with Gasteiger partial charge in [0.25, 0.3) is 5.91 Å². The number of anilines is 1. The summed E-state index contributed by atoms with van der Waals surface area (Å²) in [5, 5.41) is 2.98. The van der Waals surface area contributed by atoms with E-state index in [1.807, 2.05) is 25.1 Å². The van der Waals surface area contributed by atoms with Crippen molar-refractivity contribution in [2.45, 2.75) is 20.4 Å². The van der Waals surface area contributed by atoms with Crippen molar-refractivity contribution in [2.75, 3.05) is 38.5 Å². The normalized spacial score (nSPS) is 16.2. The highest BCUT2D eigenvalue weighted by Gasteiger charge is 2.20. The molecule has 25 heavy (non-hydrogen) atoms. The average molecular weight is 406 g/mol. The molecule has 1 aliphatic heterocycles. The van der Waals surface area contributed by atoms with Gasteiger partial charge in [0.2, 0.25) is 0 Å². The summed E-state index contributed by atoms with van der Waals surface area (Å²) in [4.78, 5) is 17.4. The molecule has 1 aromatic carbocycles. The van der Waals surface area contributed by atoms with Gasteiger partial charge in [-0.3, -0.25) is 9.69 Å². The zero-order chi connectivity index (χ0) is 18.0. The van der Waals surface area contributed by atoms with E-state index >= 15 is 0 Å². The Morgan fingerprint density at radius 1 is 1.20 bits per heavy atom. The van der Waals surface area contributed by atoms with Crippen molar-refractivity contribution in [2.24, 2.45) is 0 Å². The topological polar surface area (TPSA) is 48.7 Å². The lowest BCUT2D eigenvalue weighted by atomic mass is 10.1. The van der Waals surface area contributed by atoms with Crippen molar-refractivity contribution in [3.05, 3.63) is 51.4 Å². The van der Waals surface area contributed by atoms with Crippen LogP contribution in [0.2, 0.25) is 0 Å². The fourth-order valence-electron chi connectivity index (χ4n) is 3.12. The number of amides is 1. The van der Waals surface area contributed by atoms with Gasteiger partial charge in [0.1, 0.15) is 11.5 Å². The molecule has 0 bridgehead atoms. The van der Waals surface area contributed by atoms with Gasteiger partial charge in [-0.2, -0.15) is 0 Å². The Hall–Kier alpha value is -1.63. The highest BCUT2D eigenvalue weighted by atomic mass is 79.9. The number of hydrogen-bond acceptors (Lipinski definition) is 4. The molecule has 3 rings (SSSR count). The highest BCUT2D eigenvalue weighted by molar-refractivity contribution is 9.10. The number of nitrogens with one attached hydrogen (secondary N) is 1. The maximum Gasteiger partial charge on any atom is 0.260 e. The zero-order valence-electron chi connectivity index (χ0n) is 14.9. The predicted molar refractivity (Wildman–Crippen MR) is 103 cm³/mol. The number of furan rings is 1. The Balaban J connectivity index is 1.68. The Bertz CT molecular complexity index is 764. The lowest BCUT2D eigenvalue weighted by molar-refractivity contribution is 0.102. The maximum atomic E-state index is 12.6. The van der Waals surface area contributed by atoms with E-state index in [4.69, 9.17) is 4.42 Å². The van der Waals surface area contributed by atoms with Crippen LogP contribution in [0.1, 0.15) is 27.4 Å². The lowest BCUT2D eigenvalue weighted by Crippen LogP contribution is -2.43. The summed E-state index contributed by atoms with van der Waals surface area (Å²) in [5.41, 5.74) is 2.57. The van der Waals surface area contributed by atoms with Gasteiger partial charge in [0, 0.05) is 38.4 Å². The molecule has 1 aromatic heterocycles. The van der Waals surface area contributed by atoms with Crippen molar-refractivity contribution in [3.63, 3.8) is 0 Å². The quantitative estimate of drug-likeness (QED) is 0.842. The number of piperazine rings is 1. The van der Waals surface area contributed by atoms with E-state index in [1.165, 1.54) is 5.56 Å². The fraction of sp³-hybridized carbons (Fsp3) is 0.421. The Kier molecular flexibility index (Phi) is 5.61. The number of likely N-dealkylation sites (N-methyl/N-ethyl adjacent to an activating group) is 1. The maximum absolute atomic E-state index is 12.6. The van der Waals surface area contributed by atoms with Crippen LogP contribution in [0, 0.1) is 13.8 Å². The molecular weight excluding hydrogens is 382 g/mol. The summed E-state index contributed by atoms with van der Waals surface area (Å²) < 4.78 is 6.24. The van der Waals surface area contributed by atoms with E-state index in [2.05, 4.69) is 44.2 Å². The van der Waals surface area contributed by atoms with Gasteiger partial charge in [-0.25, -0.2) is 0 Å². The number of benzene rings is 1. The minimum atomic E-state index is -0.155. The van der Waals surface area contributed by atoms with E-state index in [9.17, 15) is 4.79 Å². The molecule has 5 nitrogen and oxygen atoms in total. The first-order valence-electron chi connectivity index (χ1n) is 8.50. The second-order valence-electron chi connectivity index (χ2n) is 6.64. The van der Waals surface area contributed by atoms with E-state index in [0.717, 1.165) is 42.9 Å². The van der Waals surface area contributed by atoms with E-state index < -0.39 is 0 Å². The van der Waals surface area contributed by atoms with Crippen molar-refractivity contribution < 1.29 is 9.21 Å². The van der Waals surface area contributed by atoms with Crippen LogP contribution in [0.25, 0.3) is 0 Å². The number of hydrogen-bond donors (Lipinski definition) is 1. The molecule has 1 N–H and O–H groups in total. The van der Waals surface area contributed by atoms with E-state index in [1.54, 1.807) is 6.92 Å². The number of rotatable bonds is 4. The molecule has 0 unspecified atom stereocenters. The average Bonchev–Trinajstić information content (AvgIpc) is 2.82. The molecule has 0 saturated carbocycles. The molecule has 1 aliphatic rings. The molecular formula is C19H24BrN3O2. The van der Waals surface area contributed by atoms with Crippen molar-refractivity contribution in [1.82, 2.24) is 9.80 Å². The SMILES string of the molecule is Cc1oc(C)c(C(=O)Nc2cccc(CN3CCN(C)CC3)c2)c1Br. The lowest BCUT2D eigenvalue weighted by Gasteiger charge is -2.32. The number of halogens is 1. The van der Waals surface area contributed by atoms with Gasteiger partial charge in [-0.15, -0.1) is 0 Å². The fourth-order valence-corrected chi connectivity index (χ4v) is 3.66. The van der Waals surface area contributed by atoms with Crippen LogP contribution in [0.15, 0.2) is 33.2 Å². The van der Waals surface area contributed by atoms with Crippen LogP contribution < -0.4 is 5.32 Å². The molecule has 1 fully saturated rings. The van der Waals surface area contributed by atoms with Gasteiger partial charge in [0.05, 0.1) is 10.0 Å². The van der Waals surface area contributed by atoms with E-state index in [-0.39, 0.29) is 5.91 Å². The third kappa shape index (κ3) is 4.32. The zero-order valence-corrected chi connectivity index (χ0v) is 16.5. The first kappa shape index (κ1) is 18.2. The van der Waals surface area contributed by atoms with E-state index in [0.29, 0.717) is 17.1 Å². The Morgan fingerprint density at radius 3 is 2.56 bits per heavy atom. The van der Waals surface area contributed by atoms with Crippen molar-refractivity contribution >= 4 is 27.5 Å². The third-order valence-electron chi connectivity index (χ3n) is 4.60. The molecule has 1 saturated heterocycles. The second-order valence-corrected chi connectivity index (χ2v) is 7.43. The van der Waals surface area contributed by atoms with Gasteiger partial charge >= 0.3 is 0 Å². The van der Waals surface area contributed by atoms with Gasteiger partial charge in [-0.1, -0.05) is 12.1 Å². The number of carbonyl (C=O) groups is 1. The molecule has 134 valence electrons. The minimum absolute atomic E-state index is 0.155.